The van der Waals surface area contributed by atoms with Crippen molar-refractivity contribution in [3.8, 4) is 5.75 Å². The quantitative estimate of drug-likeness (QED) is 0.784. The summed E-state index contributed by atoms with van der Waals surface area (Å²) in [6.07, 6.45) is 5.29. The normalized spacial score (nSPS) is 18.9. The van der Waals surface area contributed by atoms with Gasteiger partial charge in [0.15, 0.2) is 0 Å². The molecule has 1 heterocycles. The lowest BCUT2D eigenvalue weighted by Gasteiger charge is -2.32. The van der Waals surface area contributed by atoms with Crippen molar-refractivity contribution in [3.05, 3.63) is 29.3 Å². The van der Waals surface area contributed by atoms with Crippen LogP contribution in [0.2, 0.25) is 5.02 Å². The van der Waals surface area contributed by atoms with Gasteiger partial charge in [0.1, 0.15) is 12.4 Å². The summed E-state index contributed by atoms with van der Waals surface area (Å²) in [6.45, 7) is 2.08. The molecule has 22 heavy (non-hydrogen) atoms. The Bertz CT molecular complexity index is 481. The van der Waals surface area contributed by atoms with Crippen LogP contribution in [0.25, 0.3) is 0 Å². The zero-order valence-electron chi connectivity index (χ0n) is 13.2. The molecule has 1 unspecified atom stereocenters. The summed E-state index contributed by atoms with van der Waals surface area (Å²) < 4.78 is 5.54. The summed E-state index contributed by atoms with van der Waals surface area (Å²) in [6, 6.07) is 7.90. The third-order valence-corrected chi connectivity index (χ3v) is 4.46. The predicted octanol–water partition coefficient (Wildman–Crippen LogP) is 3.10. The number of rotatable bonds is 7. The highest BCUT2D eigenvalue weighted by Crippen LogP contribution is 2.22. The number of para-hydroxylation sites is 1. The van der Waals surface area contributed by atoms with Gasteiger partial charge in [-0.2, -0.15) is 0 Å². The molecule has 1 aliphatic rings. The van der Waals surface area contributed by atoms with Gasteiger partial charge in [0.25, 0.3) is 0 Å². The molecule has 0 spiro atoms. The van der Waals surface area contributed by atoms with Gasteiger partial charge in [-0.05, 0) is 45.0 Å². The highest BCUT2D eigenvalue weighted by atomic mass is 35.5. The molecule has 122 valence electrons. The Kier molecular flexibility index (Phi) is 7.00. The van der Waals surface area contributed by atoms with Crippen molar-refractivity contribution in [2.24, 2.45) is 0 Å². The Morgan fingerprint density at radius 3 is 3.00 bits per heavy atom. The lowest BCUT2D eigenvalue weighted by molar-refractivity contribution is -0.121. The van der Waals surface area contributed by atoms with Gasteiger partial charge in [-0.15, -0.1) is 0 Å². The van der Waals surface area contributed by atoms with E-state index >= 15 is 0 Å². The standard InChI is InChI=1S/C17H25ClN2O2/c1-20-12-5-4-6-14(20)9-10-17(21)19-11-13-22-16-8-3-2-7-15(16)18/h2-3,7-8,14H,4-6,9-13H2,1H3,(H,19,21). The molecule has 0 aliphatic carbocycles. The zero-order chi connectivity index (χ0) is 15.8. The molecule has 0 saturated carbocycles. The van der Waals surface area contributed by atoms with Crippen LogP contribution in [0.4, 0.5) is 0 Å². The van der Waals surface area contributed by atoms with Gasteiger partial charge < -0.3 is 15.0 Å². The average Bonchev–Trinajstić information content (AvgIpc) is 2.52. The molecule has 2 rings (SSSR count). The van der Waals surface area contributed by atoms with Crippen LogP contribution in [0.1, 0.15) is 32.1 Å². The second-order valence-electron chi connectivity index (χ2n) is 5.80. The Labute approximate surface area is 137 Å². The molecule has 0 radical (unpaired) electrons. The summed E-state index contributed by atoms with van der Waals surface area (Å²) in [5.41, 5.74) is 0. The first-order chi connectivity index (χ1) is 10.7. The van der Waals surface area contributed by atoms with Gasteiger partial charge in [-0.25, -0.2) is 0 Å². The van der Waals surface area contributed by atoms with Crippen LogP contribution in [-0.2, 0) is 4.79 Å². The van der Waals surface area contributed by atoms with E-state index in [0.29, 0.717) is 36.4 Å². The van der Waals surface area contributed by atoms with Gasteiger partial charge in [0.2, 0.25) is 5.91 Å². The van der Waals surface area contributed by atoms with Gasteiger partial charge in [0.05, 0.1) is 11.6 Å². The lowest BCUT2D eigenvalue weighted by Crippen LogP contribution is -2.37. The Hall–Kier alpha value is -1.26. The SMILES string of the molecule is CN1CCCCC1CCC(=O)NCCOc1ccccc1Cl. The van der Waals surface area contributed by atoms with E-state index in [4.69, 9.17) is 16.3 Å². The molecule has 1 aliphatic heterocycles. The van der Waals surface area contributed by atoms with Crippen molar-refractivity contribution in [1.82, 2.24) is 10.2 Å². The number of carbonyl (C=O) groups is 1. The molecule has 0 bridgehead atoms. The number of likely N-dealkylation sites (tertiary alicyclic amines) is 1. The maximum atomic E-state index is 11.9. The van der Waals surface area contributed by atoms with E-state index in [1.807, 2.05) is 18.2 Å². The molecule has 0 aromatic heterocycles. The topological polar surface area (TPSA) is 41.6 Å². The van der Waals surface area contributed by atoms with Crippen LogP contribution >= 0.6 is 11.6 Å². The van der Waals surface area contributed by atoms with Crippen LogP contribution in [0.5, 0.6) is 5.75 Å². The molecular weight excluding hydrogens is 300 g/mol. The monoisotopic (exact) mass is 324 g/mol. The summed E-state index contributed by atoms with van der Waals surface area (Å²) in [7, 11) is 2.15. The summed E-state index contributed by atoms with van der Waals surface area (Å²) in [5.74, 6) is 0.754. The fourth-order valence-corrected chi connectivity index (χ4v) is 3.00. The minimum atomic E-state index is 0.0988. The number of piperidine rings is 1. The molecule has 1 fully saturated rings. The van der Waals surface area contributed by atoms with E-state index in [0.717, 1.165) is 13.0 Å². The second kappa shape index (κ2) is 9.01. The number of hydrogen-bond donors (Lipinski definition) is 1. The van der Waals surface area contributed by atoms with Gasteiger partial charge in [-0.3, -0.25) is 4.79 Å². The number of nitrogens with one attached hydrogen (secondary N) is 1. The predicted molar refractivity (Wildman–Crippen MR) is 89.5 cm³/mol. The van der Waals surface area contributed by atoms with Crippen LogP contribution < -0.4 is 10.1 Å². The minimum Gasteiger partial charge on any atom is -0.490 e. The van der Waals surface area contributed by atoms with E-state index in [1.165, 1.54) is 19.3 Å². The number of carbonyl (C=O) groups excluding carboxylic acids is 1. The fourth-order valence-electron chi connectivity index (χ4n) is 2.81. The summed E-state index contributed by atoms with van der Waals surface area (Å²) >= 11 is 6.00. The van der Waals surface area contributed by atoms with Crippen molar-refractivity contribution in [1.29, 1.82) is 0 Å². The third-order valence-electron chi connectivity index (χ3n) is 4.14. The van der Waals surface area contributed by atoms with Crippen molar-refractivity contribution in [2.45, 2.75) is 38.1 Å². The highest BCUT2D eigenvalue weighted by molar-refractivity contribution is 6.32. The van der Waals surface area contributed by atoms with Crippen molar-refractivity contribution in [3.63, 3.8) is 0 Å². The molecule has 1 aromatic rings. The Morgan fingerprint density at radius 2 is 2.23 bits per heavy atom. The second-order valence-corrected chi connectivity index (χ2v) is 6.20. The molecule has 4 nitrogen and oxygen atoms in total. The van der Waals surface area contributed by atoms with E-state index in [2.05, 4.69) is 17.3 Å². The van der Waals surface area contributed by atoms with E-state index in [-0.39, 0.29) is 5.91 Å². The largest absolute Gasteiger partial charge is 0.490 e. The van der Waals surface area contributed by atoms with Crippen molar-refractivity contribution in [2.75, 3.05) is 26.7 Å². The van der Waals surface area contributed by atoms with Crippen LogP contribution in [0.3, 0.4) is 0 Å². The molecule has 1 amide bonds. The molecule has 1 aromatic carbocycles. The highest BCUT2D eigenvalue weighted by Gasteiger charge is 2.19. The van der Waals surface area contributed by atoms with E-state index < -0.39 is 0 Å². The first-order valence-corrected chi connectivity index (χ1v) is 8.39. The molecule has 1 N–H and O–H groups in total. The number of nitrogens with zero attached hydrogens (tertiary/aromatic N) is 1. The molecule has 1 saturated heterocycles. The molecule has 5 heteroatoms. The van der Waals surface area contributed by atoms with Gasteiger partial charge in [-0.1, -0.05) is 30.2 Å². The average molecular weight is 325 g/mol. The fraction of sp³-hybridized carbons (Fsp3) is 0.588. The number of benzene rings is 1. The minimum absolute atomic E-state index is 0.0988. The molecule has 1 atom stereocenters. The van der Waals surface area contributed by atoms with E-state index in [1.54, 1.807) is 6.07 Å². The number of hydrogen-bond acceptors (Lipinski definition) is 3. The Morgan fingerprint density at radius 1 is 1.41 bits per heavy atom. The van der Waals surface area contributed by atoms with Crippen LogP contribution in [-0.4, -0.2) is 43.6 Å². The third kappa shape index (κ3) is 5.50. The molecular formula is C17H25ClN2O2. The smallest absolute Gasteiger partial charge is 0.220 e. The van der Waals surface area contributed by atoms with Crippen molar-refractivity contribution >= 4 is 17.5 Å². The van der Waals surface area contributed by atoms with Crippen molar-refractivity contribution < 1.29 is 9.53 Å². The maximum Gasteiger partial charge on any atom is 0.220 e. The number of halogens is 1. The first-order valence-electron chi connectivity index (χ1n) is 8.01. The number of amides is 1. The summed E-state index contributed by atoms with van der Waals surface area (Å²) in [4.78, 5) is 14.2. The Balaban J connectivity index is 1.59. The summed E-state index contributed by atoms with van der Waals surface area (Å²) in [5, 5.41) is 3.49. The van der Waals surface area contributed by atoms with E-state index in [9.17, 15) is 4.79 Å². The van der Waals surface area contributed by atoms with Crippen LogP contribution in [0, 0.1) is 0 Å². The number of ether oxygens (including phenoxy) is 1. The van der Waals surface area contributed by atoms with Gasteiger partial charge >= 0.3 is 0 Å². The van der Waals surface area contributed by atoms with Crippen LogP contribution in [0.15, 0.2) is 24.3 Å². The lowest BCUT2D eigenvalue weighted by atomic mass is 9.98. The first kappa shape index (κ1) is 17.1. The zero-order valence-corrected chi connectivity index (χ0v) is 13.9. The maximum absolute atomic E-state index is 11.9. The van der Waals surface area contributed by atoms with Gasteiger partial charge in [0, 0.05) is 12.5 Å².